The molecule has 6 rings (SSSR count). The topological polar surface area (TPSA) is 88.7 Å². The summed E-state index contributed by atoms with van der Waals surface area (Å²) >= 11 is 0. The summed E-state index contributed by atoms with van der Waals surface area (Å²) in [5.41, 5.74) is 4.97. The van der Waals surface area contributed by atoms with Gasteiger partial charge in [0.05, 0.1) is 12.7 Å². The van der Waals surface area contributed by atoms with Crippen LogP contribution >= 0.6 is 0 Å². The Morgan fingerprint density at radius 2 is 1.74 bits per heavy atom. The minimum Gasteiger partial charge on any atom is -0.365 e. The molecular formula is C29H33N9. The van der Waals surface area contributed by atoms with Gasteiger partial charge < -0.3 is 19.8 Å². The van der Waals surface area contributed by atoms with Crippen molar-refractivity contribution in [2.24, 2.45) is 0 Å². The van der Waals surface area contributed by atoms with Crippen LogP contribution in [0.3, 0.4) is 0 Å². The standard InChI is InChI=1S/C29H33N9/c1-21(2)38-20-31-26-27(32-24-12-15-36(16-13-24)18-22-6-4-3-5-7-22)34-29(35-28(26)38)33-23-8-10-25(11-9-23)37-17-14-30-19-37/h3-11,14,17,19-21,24H,12-13,15-16,18H2,1-2H3,(H2,32,33,34,35). The molecule has 1 fully saturated rings. The molecule has 0 amide bonds. The van der Waals surface area contributed by atoms with Crippen molar-refractivity contribution in [2.45, 2.75) is 45.3 Å². The predicted octanol–water partition coefficient (Wildman–Crippen LogP) is 5.41. The number of piperidine rings is 1. The van der Waals surface area contributed by atoms with Crippen LogP contribution in [0.15, 0.2) is 79.6 Å². The number of nitrogens with zero attached hydrogens (tertiary/aromatic N) is 7. The first kappa shape index (κ1) is 24.1. The third-order valence-electron chi connectivity index (χ3n) is 7.08. The number of aromatic nitrogens is 6. The summed E-state index contributed by atoms with van der Waals surface area (Å²) in [5, 5.41) is 7.11. The fraction of sp³-hybridized carbons (Fsp3) is 0.310. The highest BCUT2D eigenvalue weighted by Crippen LogP contribution is 2.27. The maximum Gasteiger partial charge on any atom is 0.231 e. The number of hydrogen-bond acceptors (Lipinski definition) is 7. The van der Waals surface area contributed by atoms with Gasteiger partial charge in [-0.25, -0.2) is 9.97 Å². The molecule has 5 aromatic rings. The molecule has 2 N–H and O–H groups in total. The van der Waals surface area contributed by atoms with Crippen molar-refractivity contribution in [3.05, 3.63) is 85.2 Å². The number of benzene rings is 2. The van der Waals surface area contributed by atoms with Gasteiger partial charge in [-0.15, -0.1) is 0 Å². The number of rotatable bonds is 8. The summed E-state index contributed by atoms with van der Waals surface area (Å²) in [4.78, 5) is 21.1. The summed E-state index contributed by atoms with van der Waals surface area (Å²) in [5.74, 6) is 1.34. The molecule has 0 spiro atoms. The second-order valence-corrected chi connectivity index (χ2v) is 10.1. The van der Waals surface area contributed by atoms with E-state index >= 15 is 0 Å². The van der Waals surface area contributed by atoms with E-state index in [0.29, 0.717) is 12.0 Å². The molecule has 38 heavy (non-hydrogen) atoms. The van der Waals surface area contributed by atoms with E-state index in [0.717, 1.165) is 60.8 Å². The summed E-state index contributed by atoms with van der Waals surface area (Å²) in [6.45, 7) is 7.38. The van der Waals surface area contributed by atoms with Gasteiger partial charge in [-0.2, -0.15) is 9.97 Å². The summed E-state index contributed by atoms with van der Waals surface area (Å²) in [6.07, 6.45) is 9.47. The van der Waals surface area contributed by atoms with E-state index in [-0.39, 0.29) is 6.04 Å². The van der Waals surface area contributed by atoms with E-state index in [1.54, 1.807) is 12.5 Å². The van der Waals surface area contributed by atoms with Gasteiger partial charge in [-0.3, -0.25) is 4.90 Å². The third-order valence-corrected chi connectivity index (χ3v) is 7.08. The number of hydrogen-bond donors (Lipinski definition) is 2. The van der Waals surface area contributed by atoms with Gasteiger partial charge in [-0.05, 0) is 56.5 Å². The highest BCUT2D eigenvalue weighted by molar-refractivity contribution is 5.85. The second-order valence-electron chi connectivity index (χ2n) is 10.1. The Morgan fingerprint density at radius 1 is 0.947 bits per heavy atom. The van der Waals surface area contributed by atoms with Crippen molar-refractivity contribution in [2.75, 3.05) is 23.7 Å². The second kappa shape index (κ2) is 10.6. The van der Waals surface area contributed by atoms with Crippen LogP contribution in [-0.4, -0.2) is 53.1 Å². The molecule has 0 unspecified atom stereocenters. The Kier molecular flexibility index (Phi) is 6.75. The van der Waals surface area contributed by atoms with E-state index in [1.807, 2.05) is 41.4 Å². The maximum absolute atomic E-state index is 4.88. The zero-order valence-corrected chi connectivity index (χ0v) is 21.8. The van der Waals surface area contributed by atoms with Gasteiger partial charge in [0.1, 0.15) is 0 Å². The minimum atomic E-state index is 0.242. The molecule has 9 nitrogen and oxygen atoms in total. The largest absolute Gasteiger partial charge is 0.365 e. The number of fused-ring (bicyclic) bond motifs is 1. The van der Waals surface area contributed by atoms with Gasteiger partial charge in [0.25, 0.3) is 0 Å². The maximum atomic E-state index is 4.88. The lowest BCUT2D eigenvalue weighted by Gasteiger charge is -2.32. The fourth-order valence-corrected chi connectivity index (χ4v) is 4.98. The average Bonchev–Trinajstić information content (AvgIpc) is 3.62. The molecule has 1 aliphatic heterocycles. The first-order valence-corrected chi connectivity index (χ1v) is 13.3. The molecule has 1 saturated heterocycles. The Morgan fingerprint density at radius 3 is 2.45 bits per heavy atom. The Balaban J connectivity index is 1.20. The van der Waals surface area contributed by atoms with E-state index in [2.05, 4.69) is 69.3 Å². The average molecular weight is 508 g/mol. The molecule has 0 atom stereocenters. The Bertz CT molecular complexity index is 1470. The Labute approximate surface area is 222 Å². The van der Waals surface area contributed by atoms with Crippen molar-refractivity contribution < 1.29 is 0 Å². The molecule has 9 heteroatoms. The van der Waals surface area contributed by atoms with Crippen LogP contribution in [0.25, 0.3) is 16.9 Å². The first-order chi connectivity index (χ1) is 18.6. The zero-order chi connectivity index (χ0) is 25.9. The number of nitrogens with one attached hydrogen (secondary N) is 2. The lowest BCUT2D eigenvalue weighted by Crippen LogP contribution is -2.38. The highest BCUT2D eigenvalue weighted by atomic mass is 15.2. The number of likely N-dealkylation sites (tertiary alicyclic amines) is 1. The van der Waals surface area contributed by atoms with Gasteiger partial charge >= 0.3 is 0 Å². The van der Waals surface area contributed by atoms with Crippen LogP contribution in [0.4, 0.5) is 17.5 Å². The van der Waals surface area contributed by atoms with Crippen LogP contribution in [0.5, 0.6) is 0 Å². The molecule has 4 heterocycles. The highest BCUT2D eigenvalue weighted by Gasteiger charge is 2.22. The predicted molar refractivity (Wildman–Crippen MR) is 151 cm³/mol. The SMILES string of the molecule is CC(C)n1cnc2c(NC3CCN(Cc4ccccc4)CC3)nc(Nc3ccc(-n4ccnc4)cc3)nc21. The third kappa shape index (κ3) is 5.24. The molecule has 0 radical (unpaired) electrons. The quantitative estimate of drug-likeness (QED) is 0.290. The monoisotopic (exact) mass is 507 g/mol. The van der Waals surface area contributed by atoms with Crippen LogP contribution < -0.4 is 10.6 Å². The van der Waals surface area contributed by atoms with Gasteiger partial charge in [0.2, 0.25) is 5.95 Å². The molecule has 0 saturated carbocycles. The Hall–Kier alpha value is -4.24. The normalized spacial score (nSPS) is 14.8. The van der Waals surface area contributed by atoms with Crippen molar-refractivity contribution in [3.8, 4) is 5.69 Å². The van der Waals surface area contributed by atoms with Crippen LogP contribution in [0, 0.1) is 0 Å². The molecule has 194 valence electrons. The van der Waals surface area contributed by atoms with Crippen molar-refractivity contribution in [1.29, 1.82) is 0 Å². The molecule has 0 bridgehead atoms. The minimum absolute atomic E-state index is 0.242. The summed E-state index contributed by atoms with van der Waals surface area (Å²) < 4.78 is 4.07. The van der Waals surface area contributed by atoms with Gasteiger partial charge in [0, 0.05) is 55.5 Å². The summed E-state index contributed by atoms with van der Waals surface area (Å²) in [7, 11) is 0. The van der Waals surface area contributed by atoms with Gasteiger partial charge in [-0.1, -0.05) is 30.3 Å². The van der Waals surface area contributed by atoms with Crippen molar-refractivity contribution in [1.82, 2.24) is 34.0 Å². The smallest absolute Gasteiger partial charge is 0.231 e. The van der Waals surface area contributed by atoms with Crippen LogP contribution in [0.1, 0.15) is 38.3 Å². The molecule has 2 aromatic carbocycles. The number of imidazole rings is 2. The van der Waals surface area contributed by atoms with Crippen molar-refractivity contribution >= 4 is 28.6 Å². The van der Waals surface area contributed by atoms with Crippen LogP contribution in [0.2, 0.25) is 0 Å². The van der Waals surface area contributed by atoms with E-state index in [1.165, 1.54) is 5.56 Å². The van der Waals surface area contributed by atoms with Crippen molar-refractivity contribution in [3.63, 3.8) is 0 Å². The zero-order valence-electron chi connectivity index (χ0n) is 21.8. The first-order valence-electron chi connectivity index (χ1n) is 13.3. The molecular weight excluding hydrogens is 474 g/mol. The molecule has 0 aliphatic carbocycles. The number of anilines is 3. The van der Waals surface area contributed by atoms with Crippen LogP contribution in [-0.2, 0) is 6.54 Å². The molecule has 3 aromatic heterocycles. The summed E-state index contributed by atoms with van der Waals surface area (Å²) in [6, 6.07) is 19.4. The van der Waals surface area contributed by atoms with E-state index < -0.39 is 0 Å². The van der Waals surface area contributed by atoms with Gasteiger partial charge in [0.15, 0.2) is 17.0 Å². The fourth-order valence-electron chi connectivity index (χ4n) is 4.98. The van der Waals surface area contributed by atoms with E-state index in [9.17, 15) is 0 Å². The lowest BCUT2D eigenvalue weighted by molar-refractivity contribution is 0.211. The lowest BCUT2D eigenvalue weighted by atomic mass is 10.0. The van der Waals surface area contributed by atoms with E-state index in [4.69, 9.17) is 15.0 Å². The molecule has 1 aliphatic rings.